The van der Waals surface area contributed by atoms with Crippen LogP contribution in [0.4, 0.5) is 0 Å². The molecule has 0 saturated carbocycles. The molecule has 1 aromatic rings. The normalized spacial score (nSPS) is 12.4. The van der Waals surface area contributed by atoms with Crippen molar-refractivity contribution in [2.45, 2.75) is 0 Å². The molecule has 0 spiro atoms. The van der Waals surface area contributed by atoms with E-state index in [9.17, 15) is 0 Å². The summed E-state index contributed by atoms with van der Waals surface area (Å²) in [6.07, 6.45) is 3.25. The van der Waals surface area contributed by atoms with Crippen molar-refractivity contribution in [2.75, 3.05) is 0 Å². The number of rotatable bonds is 0. The minimum absolute atomic E-state index is 0.421. The van der Waals surface area contributed by atoms with Crippen LogP contribution in [0.2, 0.25) is 0 Å². The van der Waals surface area contributed by atoms with E-state index in [1.807, 2.05) is 0 Å². The third-order valence-corrected chi connectivity index (χ3v) is 0.870. The molecule has 1 aromatic heterocycles. The molecule has 44 valence electrons. The Bertz CT molecular complexity index is 221. The lowest BCUT2D eigenvalue weighted by molar-refractivity contribution is 0.470. The maximum absolute atomic E-state index is 4.91. The molecule has 0 aliphatic carbocycles. The highest BCUT2D eigenvalue weighted by Crippen LogP contribution is 1.72. The Labute approximate surface area is 46.2 Å². The van der Waals surface area contributed by atoms with E-state index in [0.717, 1.165) is 0 Å². The van der Waals surface area contributed by atoms with Crippen molar-refractivity contribution >= 4 is 0 Å². The van der Waals surface area contributed by atoms with E-state index in [1.54, 1.807) is 17.8 Å². The van der Waals surface area contributed by atoms with Crippen molar-refractivity contribution in [1.29, 1.82) is 0 Å². The first-order valence-electron chi connectivity index (χ1n) is 2.18. The predicted octanol–water partition coefficient (Wildman–Crippen LogP) is -0.608. The van der Waals surface area contributed by atoms with Crippen molar-refractivity contribution in [3.63, 3.8) is 0 Å². The van der Waals surface area contributed by atoms with Crippen LogP contribution in [-0.2, 0) is 7.05 Å². The molecule has 0 radical (unpaired) electrons. The highest BCUT2D eigenvalue weighted by molar-refractivity contribution is 4.64. The monoisotopic (exact) mass is 113 g/mol. The quantitative estimate of drug-likeness (QED) is 0.360. The second kappa shape index (κ2) is 1.73. The summed E-state index contributed by atoms with van der Waals surface area (Å²) in [7, 11) is 1.80. The molecular formula is C4H7N3O. The number of oxazole rings is 1. The van der Waals surface area contributed by atoms with E-state index in [0.29, 0.717) is 5.68 Å². The fourth-order valence-corrected chi connectivity index (χ4v) is 0.451. The second-order valence-corrected chi connectivity index (χ2v) is 1.43. The highest BCUT2D eigenvalue weighted by atomic mass is 16.3. The summed E-state index contributed by atoms with van der Waals surface area (Å²) in [5, 5.41) is 3.33. The van der Waals surface area contributed by atoms with Crippen molar-refractivity contribution in [1.82, 2.24) is 4.57 Å². The summed E-state index contributed by atoms with van der Waals surface area (Å²) in [5.74, 6) is 4.91. The van der Waals surface area contributed by atoms with Gasteiger partial charge >= 0.3 is 5.68 Å². The van der Waals surface area contributed by atoms with Gasteiger partial charge in [0, 0.05) is 13.2 Å². The number of aryl methyl sites for hydroxylation is 1. The van der Waals surface area contributed by atoms with Crippen LogP contribution in [0.5, 0.6) is 0 Å². The number of nitrogens with two attached hydrogens (primary N) is 1. The predicted molar refractivity (Wildman–Crippen MR) is 27.4 cm³/mol. The number of nitrogens with zero attached hydrogens (tertiary/aromatic N) is 2. The van der Waals surface area contributed by atoms with Crippen LogP contribution < -0.4 is 11.5 Å². The van der Waals surface area contributed by atoms with Gasteiger partial charge in [-0.3, -0.25) is 0 Å². The lowest BCUT2D eigenvalue weighted by Gasteiger charge is -1.80. The fraction of sp³-hybridized carbons (Fsp3) is 0.250. The van der Waals surface area contributed by atoms with Gasteiger partial charge in [0.05, 0.1) is 0 Å². The number of aromatic nitrogens is 1. The number of hydrogen-bond acceptors (Lipinski definition) is 3. The smallest absolute Gasteiger partial charge is 0.317 e. The third kappa shape index (κ3) is 0.598. The molecule has 0 aliphatic rings. The standard InChI is InChI=1S/C4H7N3O/c1-7-2-3-8-4(7)6-5/h2-3H,5H2,1H3. The van der Waals surface area contributed by atoms with Gasteiger partial charge in [-0.05, 0) is 0 Å². The maximum Gasteiger partial charge on any atom is 0.317 e. The minimum atomic E-state index is 0.421. The molecule has 4 nitrogen and oxygen atoms in total. The van der Waals surface area contributed by atoms with Crippen molar-refractivity contribution < 1.29 is 4.42 Å². The van der Waals surface area contributed by atoms with Gasteiger partial charge in [-0.25, -0.2) is 0 Å². The van der Waals surface area contributed by atoms with Gasteiger partial charge in [0.25, 0.3) is 0 Å². The molecule has 8 heavy (non-hydrogen) atoms. The Morgan fingerprint density at radius 2 is 2.62 bits per heavy atom. The van der Waals surface area contributed by atoms with Gasteiger partial charge in [0.2, 0.25) is 0 Å². The summed E-state index contributed by atoms with van der Waals surface area (Å²) in [4.78, 5) is 0. The lowest BCUT2D eigenvalue weighted by atomic mass is 10.9. The molecule has 0 bridgehead atoms. The molecule has 0 aliphatic heterocycles. The van der Waals surface area contributed by atoms with Crippen molar-refractivity contribution in [3.8, 4) is 0 Å². The first-order chi connectivity index (χ1) is 3.84. The van der Waals surface area contributed by atoms with Crippen molar-refractivity contribution in [2.24, 2.45) is 18.0 Å². The summed E-state index contributed by atoms with van der Waals surface area (Å²) >= 11 is 0. The molecule has 0 unspecified atom stereocenters. The van der Waals surface area contributed by atoms with Gasteiger partial charge in [0.1, 0.15) is 6.26 Å². The Morgan fingerprint density at radius 1 is 1.88 bits per heavy atom. The topological polar surface area (TPSA) is 56.5 Å². The summed E-state index contributed by atoms with van der Waals surface area (Å²) in [6, 6.07) is 0. The van der Waals surface area contributed by atoms with Crippen LogP contribution in [0, 0.1) is 0 Å². The zero-order chi connectivity index (χ0) is 5.98. The molecule has 1 heterocycles. The van der Waals surface area contributed by atoms with Crippen LogP contribution >= 0.6 is 0 Å². The second-order valence-electron chi connectivity index (χ2n) is 1.43. The van der Waals surface area contributed by atoms with Gasteiger partial charge in [-0.1, -0.05) is 0 Å². The molecule has 4 heteroatoms. The van der Waals surface area contributed by atoms with Gasteiger partial charge in [-0.2, -0.15) is 0 Å². The molecule has 1 rings (SSSR count). The van der Waals surface area contributed by atoms with Crippen LogP contribution in [-0.4, -0.2) is 4.57 Å². The average molecular weight is 113 g/mol. The Hall–Kier alpha value is -1.19. The summed E-state index contributed by atoms with van der Waals surface area (Å²) < 4.78 is 6.47. The van der Waals surface area contributed by atoms with E-state index >= 15 is 0 Å². The lowest BCUT2D eigenvalue weighted by Crippen LogP contribution is -2.13. The molecule has 2 N–H and O–H groups in total. The minimum Gasteiger partial charge on any atom is -0.431 e. The van der Waals surface area contributed by atoms with Crippen LogP contribution in [0.15, 0.2) is 22.0 Å². The van der Waals surface area contributed by atoms with E-state index in [-0.39, 0.29) is 0 Å². The first kappa shape index (κ1) is 4.96. The van der Waals surface area contributed by atoms with Gasteiger partial charge in [-0.15, -0.1) is 5.10 Å². The van der Waals surface area contributed by atoms with Gasteiger partial charge in [0.15, 0.2) is 0 Å². The Morgan fingerprint density at radius 3 is 2.88 bits per heavy atom. The third-order valence-electron chi connectivity index (χ3n) is 0.870. The largest absolute Gasteiger partial charge is 0.431 e. The van der Waals surface area contributed by atoms with Gasteiger partial charge < -0.3 is 14.8 Å². The zero-order valence-corrected chi connectivity index (χ0v) is 4.53. The van der Waals surface area contributed by atoms with Crippen molar-refractivity contribution in [3.05, 3.63) is 18.1 Å². The SMILES string of the molecule is Cn1ccoc1=NN. The Kier molecular flexibility index (Phi) is 1.07. The molecule has 0 atom stereocenters. The zero-order valence-electron chi connectivity index (χ0n) is 4.53. The van der Waals surface area contributed by atoms with Crippen LogP contribution in [0.25, 0.3) is 0 Å². The molecule has 0 aromatic carbocycles. The molecular weight excluding hydrogens is 106 g/mol. The maximum atomic E-state index is 4.91. The van der Waals surface area contributed by atoms with Crippen LogP contribution in [0.1, 0.15) is 0 Å². The summed E-state index contributed by atoms with van der Waals surface area (Å²) in [6.45, 7) is 0. The number of hydrogen-bond donors (Lipinski definition) is 1. The molecule has 0 amide bonds. The van der Waals surface area contributed by atoms with E-state index in [4.69, 9.17) is 10.3 Å². The summed E-state index contributed by atoms with van der Waals surface area (Å²) in [5.41, 5.74) is 0.421. The molecule has 0 saturated heterocycles. The first-order valence-corrected chi connectivity index (χ1v) is 2.18. The van der Waals surface area contributed by atoms with E-state index in [2.05, 4.69) is 5.10 Å². The average Bonchev–Trinajstić information content (AvgIpc) is 2.14. The Balaban J connectivity index is 3.31. The van der Waals surface area contributed by atoms with Crippen LogP contribution in [0.3, 0.4) is 0 Å². The highest BCUT2D eigenvalue weighted by Gasteiger charge is 1.83. The fourth-order valence-electron chi connectivity index (χ4n) is 0.451. The molecule has 0 fully saturated rings. The van der Waals surface area contributed by atoms with E-state index < -0.39 is 0 Å². The van der Waals surface area contributed by atoms with E-state index in [1.165, 1.54) is 6.26 Å².